The maximum absolute atomic E-state index is 8.77. The molecular weight excluding hydrogens is 204 g/mol. The summed E-state index contributed by atoms with van der Waals surface area (Å²) in [6.45, 7) is 4.40. The van der Waals surface area contributed by atoms with Crippen LogP contribution in [-0.4, -0.2) is 41.7 Å². The first-order valence-electron chi connectivity index (χ1n) is 5.96. The molecule has 0 radical (unpaired) electrons. The van der Waals surface area contributed by atoms with E-state index in [1.807, 2.05) is 6.92 Å². The second kappa shape index (κ2) is 4.97. The number of hydrogen-bond acceptors (Lipinski definition) is 4. The maximum atomic E-state index is 8.77. The van der Waals surface area contributed by atoms with Gasteiger partial charge in [0.15, 0.2) is 5.89 Å². The summed E-state index contributed by atoms with van der Waals surface area (Å²) < 4.78 is 5.62. The molecule has 0 saturated carbocycles. The minimum absolute atomic E-state index is 0.197. The van der Waals surface area contributed by atoms with E-state index in [4.69, 9.17) is 9.52 Å². The van der Waals surface area contributed by atoms with E-state index in [1.165, 1.54) is 6.42 Å². The fourth-order valence-electron chi connectivity index (χ4n) is 2.34. The predicted molar refractivity (Wildman–Crippen MR) is 61.5 cm³/mol. The second-order valence-corrected chi connectivity index (χ2v) is 4.62. The van der Waals surface area contributed by atoms with E-state index in [-0.39, 0.29) is 6.61 Å². The number of likely N-dealkylation sites (tertiary alicyclic amines) is 1. The number of likely N-dealkylation sites (N-methyl/N-ethyl adjacent to an activating group) is 1. The minimum Gasteiger partial charge on any atom is -0.446 e. The lowest BCUT2D eigenvalue weighted by Gasteiger charge is -2.07. The van der Waals surface area contributed by atoms with Crippen LogP contribution >= 0.6 is 0 Å². The van der Waals surface area contributed by atoms with Gasteiger partial charge in [0.1, 0.15) is 5.76 Å². The number of aromatic nitrogens is 1. The van der Waals surface area contributed by atoms with Crippen LogP contribution in [0.25, 0.3) is 0 Å². The Labute approximate surface area is 96.3 Å². The largest absolute Gasteiger partial charge is 0.446 e. The van der Waals surface area contributed by atoms with E-state index >= 15 is 0 Å². The summed E-state index contributed by atoms with van der Waals surface area (Å²) in [5, 5.41) is 8.77. The van der Waals surface area contributed by atoms with Gasteiger partial charge in [0.2, 0.25) is 0 Å². The van der Waals surface area contributed by atoms with Gasteiger partial charge < -0.3 is 14.4 Å². The molecule has 2 rings (SSSR count). The smallest absolute Gasteiger partial charge is 0.194 e. The van der Waals surface area contributed by atoms with E-state index in [2.05, 4.69) is 16.9 Å². The summed E-state index contributed by atoms with van der Waals surface area (Å²) in [7, 11) is 2.14. The van der Waals surface area contributed by atoms with Crippen molar-refractivity contribution in [1.82, 2.24) is 9.88 Å². The third-order valence-corrected chi connectivity index (χ3v) is 3.20. The number of oxazole rings is 1. The van der Waals surface area contributed by atoms with Crippen LogP contribution in [-0.2, 0) is 6.42 Å². The molecule has 0 aliphatic carbocycles. The molecule has 2 heterocycles. The summed E-state index contributed by atoms with van der Waals surface area (Å²) in [5.74, 6) is 2.25. The zero-order valence-corrected chi connectivity index (χ0v) is 10.1. The van der Waals surface area contributed by atoms with Crippen molar-refractivity contribution in [1.29, 1.82) is 0 Å². The summed E-state index contributed by atoms with van der Waals surface area (Å²) in [4.78, 5) is 6.88. The molecule has 1 saturated heterocycles. The van der Waals surface area contributed by atoms with Crippen molar-refractivity contribution in [3.8, 4) is 0 Å². The molecule has 1 aromatic heterocycles. The Balaban J connectivity index is 2.06. The SMILES string of the molecule is Cc1oc(CCCO)nc1C1CCN(C)C1. The highest BCUT2D eigenvalue weighted by Crippen LogP contribution is 2.28. The van der Waals surface area contributed by atoms with Crippen LogP contribution in [0.15, 0.2) is 4.42 Å². The van der Waals surface area contributed by atoms with Crippen molar-refractivity contribution in [3.05, 3.63) is 17.3 Å². The Kier molecular flexibility index (Phi) is 3.61. The van der Waals surface area contributed by atoms with Gasteiger partial charge in [-0.15, -0.1) is 0 Å². The van der Waals surface area contributed by atoms with Gasteiger partial charge in [0.25, 0.3) is 0 Å². The first-order valence-corrected chi connectivity index (χ1v) is 5.96. The summed E-state index contributed by atoms with van der Waals surface area (Å²) in [6.07, 6.45) is 2.63. The fraction of sp³-hybridized carbons (Fsp3) is 0.750. The molecule has 90 valence electrons. The summed E-state index contributed by atoms with van der Waals surface area (Å²) >= 11 is 0. The normalized spacial score (nSPS) is 21.8. The summed E-state index contributed by atoms with van der Waals surface area (Å²) in [6, 6.07) is 0. The van der Waals surface area contributed by atoms with Gasteiger partial charge in [-0.25, -0.2) is 4.98 Å². The van der Waals surface area contributed by atoms with Gasteiger partial charge in [-0.2, -0.15) is 0 Å². The molecular formula is C12H20N2O2. The van der Waals surface area contributed by atoms with E-state index in [0.29, 0.717) is 5.92 Å². The quantitative estimate of drug-likeness (QED) is 0.838. The van der Waals surface area contributed by atoms with Crippen LogP contribution in [0.3, 0.4) is 0 Å². The molecule has 1 atom stereocenters. The Morgan fingerprint density at radius 1 is 1.56 bits per heavy atom. The Bertz CT molecular complexity index is 349. The zero-order chi connectivity index (χ0) is 11.5. The van der Waals surface area contributed by atoms with Crippen molar-refractivity contribution in [2.45, 2.75) is 32.1 Å². The van der Waals surface area contributed by atoms with E-state index < -0.39 is 0 Å². The number of aryl methyl sites for hydroxylation is 2. The van der Waals surface area contributed by atoms with Gasteiger partial charge in [-0.1, -0.05) is 0 Å². The number of aliphatic hydroxyl groups excluding tert-OH is 1. The average Bonchev–Trinajstić information content (AvgIpc) is 2.82. The standard InChI is InChI=1S/C12H20N2O2/c1-9-12(10-5-6-14(2)8-10)13-11(16-9)4-3-7-15/h10,15H,3-8H2,1-2H3. The third-order valence-electron chi connectivity index (χ3n) is 3.20. The minimum atomic E-state index is 0.197. The van der Waals surface area contributed by atoms with Gasteiger partial charge in [0, 0.05) is 25.5 Å². The van der Waals surface area contributed by atoms with E-state index in [1.54, 1.807) is 0 Å². The van der Waals surface area contributed by atoms with Crippen molar-refractivity contribution < 1.29 is 9.52 Å². The Morgan fingerprint density at radius 2 is 2.38 bits per heavy atom. The molecule has 0 spiro atoms. The highest BCUT2D eigenvalue weighted by atomic mass is 16.4. The van der Waals surface area contributed by atoms with Gasteiger partial charge >= 0.3 is 0 Å². The first kappa shape index (κ1) is 11.6. The lowest BCUT2D eigenvalue weighted by atomic mass is 10.0. The van der Waals surface area contributed by atoms with Crippen molar-refractivity contribution in [3.63, 3.8) is 0 Å². The first-order chi connectivity index (χ1) is 7.70. The molecule has 1 aromatic rings. The second-order valence-electron chi connectivity index (χ2n) is 4.62. The van der Waals surface area contributed by atoms with Gasteiger partial charge in [-0.05, 0) is 33.4 Å². The molecule has 16 heavy (non-hydrogen) atoms. The molecule has 4 nitrogen and oxygen atoms in total. The van der Waals surface area contributed by atoms with Crippen LogP contribution in [0.1, 0.15) is 36.1 Å². The van der Waals surface area contributed by atoms with Gasteiger partial charge in [0.05, 0.1) is 5.69 Å². The molecule has 4 heteroatoms. The van der Waals surface area contributed by atoms with Crippen LogP contribution in [0.4, 0.5) is 0 Å². The molecule has 0 amide bonds. The lowest BCUT2D eigenvalue weighted by Crippen LogP contribution is -2.13. The van der Waals surface area contributed by atoms with Crippen LogP contribution in [0, 0.1) is 6.92 Å². The Morgan fingerprint density at radius 3 is 3.00 bits per heavy atom. The predicted octanol–water partition coefficient (Wildman–Crippen LogP) is 1.33. The summed E-state index contributed by atoms with van der Waals surface area (Å²) in [5.41, 5.74) is 1.12. The number of nitrogens with zero attached hydrogens (tertiary/aromatic N) is 2. The van der Waals surface area contributed by atoms with Crippen LogP contribution in [0.5, 0.6) is 0 Å². The van der Waals surface area contributed by atoms with Crippen molar-refractivity contribution in [2.24, 2.45) is 0 Å². The molecule has 1 aliphatic heterocycles. The molecule has 1 unspecified atom stereocenters. The number of rotatable bonds is 4. The average molecular weight is 224 g/mol. The third kappa shape index (κ3) is 2.44. The molecule has 0 bridgehead atoms. The Hall–Kier alpha value is -0.870. The van der Waals surface area contributed by atoms with Crippen molar-refractivity contribution in [2.75, 3.05) is 26.7 Å². The molecule has 0 aromatic carbocycles. The topological polar surface area (TPSA) is 49.5 Å². The number of aliphatic hydroxyl groups is 1. The van der Waals surface area contributed by atoms with E-state index in [0.717, 1.165) is 43.3 Å². The maximum Gasteiger partial charge on any atom is 0.194 e. The van der Waals surface area contributed by atoms with Crippen molar-refractivity contribution >= 4 is 0 Å². The van der Waals surface area contributed by atoms with Gasteiger partial charge in [-0.3, -0.25) is 0 Å². The van der Waals surface area contributed by atoms with Crippen LogP contribution < -0.4 is 0 Å². The fourth-order valence-corrected chi connectivity index (χ4v) is 2.34. The molecule has 1 fully saturated rings. The molecule has 1 aliphatic rings. The highest BCUT2D eigenvalue weighted by Gasteiger charge is 2.26. The lowest BCUT2D eigenvalue weighted by molar-refractivity contribution is 0.282. The number of hydrogen-bond donors (Lipinski definition) is 1. The zero-order valence-electron chi connectivity index (χ0n) is 10.1. The van der Waals surface area contributed by atoms with E-state index in [9.17, 15) is 0 Å². The van der Waals surface area contributed by atoms with Crippen LogP contribution in [0.2, 0.25) is 0 Å². The monoisotopic (exact) mass is 224 g/mol. The highest BCUT2D eigenvalue weighted by molar-refractivity contribution is 5.16. The molecule has 1 N–H and O–H groups in total.